The van der Waals surface area contributed by atoms with Crippen molar-refractivity contribution in [3.05, 3.63) is 10.1 Å². The Kier molecular flexibility index (Phi) is 6.50. The summed E-state index contributed by atoms with van der Waals surface area (Å²) >= 11 is 0. The molecule has 134 valence electrons. The van der Waals surface area contributed by atoms with Crippen LogP contribution in [0, 0.1) is 10.1 Å². The van der Waals surface area contributed by atoms with Gasteiger partial charge in [-0.15, -0.1) is 0 Å². The monoisotopic (exact) mass is 340 g/mol. The van der Waals surface area contributed by atoms with Gasteiger partial charge in [0.1, 0.15) is 0 Å². The van der Waals surface area contributed by atoms with Crippen molar-refractivity contribution in [2.45, 2.75) is 25.4 Å². The van der Waals surface area contributed by atoms with Crippen LogP contribution in [0.25, 0.3) is 0 Å². The Morgan fingerprint density at radius 3 is 2.83 bits per heavy atom. The molecule has 0 spiro atoms. The highest BCUT2D eigenvalue weighted by atomic mass is 16.6. The first-order chi connectivity index (χ1) is 11.5. The van der Waals surface area contributed by atoms with Crippen LogP contribution in [0.2, 0.25) is 0 Å². The molecule has 2 rings (SSSR count). The Balaban J connectivity index is 2.04. The summed E-state index contributed by atoms with van der Waals surface area (Å²) in [6.07, 6.45) is 2.90. The molecule has 0 saturated carbocycles. The minimum Gasteiger partial charge on any atom is -0.378 e. The summed E-state index contributed by atoms with van der Waals surface area (Å²) in [6.45, 7) is 2.86. The molecule has 0 bridgehead atoms. The molecule has 10 nitrogen and oxygen atoms in total. The molecule has 0 radical (unpaired) electrons. The van der Waals surface area contributed by atoms with Gasteiger partial charge >= 0.3 is 5.69 Å². The molecule has 1 fully saturated rings. The molecule has 0 unspecified atom stereocenters. The summed E-state index contributed by atoms with van der Waals surface area (Å²) in [5.74, 6) is 0.274. The number of nitrogen functional groups attached to an aromatic ring is 1. The summed E-state index contributed by atoms with van der Waals surface area (Å²) in [4.78, 5) is 20.2. The first-order valence-electron chi connectivity index (χ1n) is 8.17. The molecule has 0 aliphatic carbocycles. The Hall–Kier alpha value is -2.20. The lowest BCUT2D eigenvalue weighted by Crippen LogP contribution is -3.05. The van der Waals surface area contributed by atoms with Crippen LogP contribution in [-0.2, 0) is 4.74 Å². The number of aromatic nitrogens is 2. The van der Waals surface area contributed by atoms with E-state index in [2.05, 4.69) is 34.7 Å². The third-order valence-electron chi connectivity index (χ3n) is 3.75. The van der Waals surface area contributed by atoms with Gasteiger partial charge in [0.25, 0.3) is 0 Å². The Bertz CT molecular complexity index is 562. The molecule has 5 N–H and O–H groups in total. The number of hydrogen-bond donors (Lipinski definition) is 4. The maximum absolute atomic E-state index is 11.2. The second-order valence-corrected chi connectivity index (χ2v) is 6.14. The van der Waals surface area contributed by atoms with Gasteiger partial charge in [-0.3, -0.25) is 10.1 Å². The number of nitrogens with zero attached hydrogens (tertiary/aromatic N) is 3. The summed E-state index contributed by atoms with van der Waals surface area (Å²) in [5.41, 5.74) is 5.46. The number of nitrogens with one attached hydrogen (secondary N) is 3. The first kappa shape index (κ1) is 18.1. The fourth-order valence-electron chi connectivity index (χ4n) is 2.51. The Labute approximate surface area is 140 Å². The Morgan fingerprint density at radius 2 is 2.21 bits per heavy atom. The number of nitro groups is 1. The van der Waals surface area contributed by atoms with Crippen molar-refractivity contribution in [1.82, 2.24) is 9.97 Å². The second kappa shape index (κ2) is 8.60. The zero-order valence-electron chi connectivity index (χ0n) is 14.2. The van der Waals surface area contributed by atoms with Crippen LogP contribution in [0.3, 0.4) is 0 Å². The van der Waals surface area contributed by atoms with E-state index in [0.29, 0.717) is 19.0 Å². The van der Waals surface area contributed by atoms with E-state index >= 15 is 0 Å². The molecular weight excluding hydrogens is 314 g/mol. The lowest BCUT2D eigenvalue weighted by atomic mass is 10.2. The zero-order valence-corrected chi connectivity index (χ0v) is 14.2. The molecule has 1 aliphatic rings. The first-order valence-corrected chi connectivity index (χ1v) is 8.17. The van der Waals surface area contributed by atoms with E-state index in [1.165, 1.54) is 4.90 Å². The molecule has 24 heavy (non-hydrogen) atoms. The molecule has 10 heteroatoms. The van der Waals surface area contributed by atoms with Gasteiger partial charge in [0.15, 0.2) is 0 Å². The van der Waals surface area contributed by atoms with E-state index in [1.807, 2.05) is 0 Å². The van der Waals surface area contributed by atoms with Crippen LogP contribution in [0.4, 0.5) is 23.3 Å². The highest BCUT2D eigenvalue weighted by Gasteiger charge is 2.24. The molecule has 0 amide bonds. The van der Waals surface area contributed by atoms with Gasteiger partial charge in [0, 0.05) is 26.1 Å². The SMILES string of the molecule is C[NH+](C)CCCNc1nc(N)c([N+](=O)[O-])c(NC[C@H]2CCCO2)n1. The standard InChI is InChI=1S/C14H25N7O3/c1-20(2)7-4-6-16-14-18-12(15)11(21(22)23)13(19-14)17-9-10-5-3-8-24-10/h10H,3-9H2,1-2H3,(H4,15,16,17,18,19)/p+1/t10-/m1/s1. The molecule has 0 aromatic carbocycles. The quantitative estimate of drug-likeness (QED) is 0.269. The van der Waals surface area contributed by atoms with E-state index in [1.54, 1.807) is 0 Å². The van der Waals surface area contributed by atoms with Gasteiger partial charge in [0.05, 0.1) is 31.7 Å². The topological polar surface area (TPSA) is 133 Å². The fraction of sp³-hybridized carbons (Fsp3) is 0.714. The van der Waals surface area contributed by atoms with Crippen LogP contribution in [0.15, 0.2) is 0 Å². The van der Waals surface area contributed by atoms with Crippen LogP contribution in [0.1, 0.15) is 19.3 Å². The van der Waals surface area contributed by atoms with Crippen molar-refractivity contribution < 1.29 is 14.6 Å². The average Bonchev–Trinajstić information content (AvgIpc) is 3.02. The molecule has 1 aromatic heterocycles. The molecule has 1 aliphatic heterocycles. The normalized spacial score (nSPS) is 17.2. The fourth-order valence-corrected chi connectivity index (χ4v) is 2.51. The van der Waals surface area contributed by atoms with Gasteiger partial charge in [-0.1, -0.05) is 0 Å². The lowest BCUT2D eigenvalue weighted by molar-refractivity contribution is -0.858. The third-order valence-corrected chi connectivity index (χ3v) is 3.75. The van der Waals surface area contributed by atoms with E-state index in [-0.39, 0.29) is 23.4 Å². The number of ether oxygens (including phenoxy) is 1. The van der Waals surface area contributed by atoms with E-state index in [0.717, 1.165) is 32.4 Å². The van der Waals surface area contributed by atoms with Crippen molar-refractivity contribution >= 4 is 23.3 Å². The van der Waals surface area contributed by atoms with Gasteiger partial charge in [-0.2, -0.15) is 9.97 Å². The van der Waals surface area contributed by atoms with Crippen molar-refractivity contribution in [1.29, 1.82) is 0 Å². The average molecular weight is 340 g/mol. The van der Waals surface area contributed by atoms with Gasteiger partial charge in [0.2, 0.25) is 17.6 Å². The highest BCUT2D eigenvalue weighted by Crippen LogP contribution is 2.29. The summed E-state index contributed by atoms with van der Waals surface area (Å²) in [6, 6.07) is 0. The smallest absolute Gasteiger partial charge is 0.353 e. The number of rotatable bonds is 9. The van der Waals surface area contributed by atoms with Crippen molar-refractivity contribution in [3.8, 4) is 0 Å². The predicted molar refractivity (Wildman–Crippen MR) is 91.3 cm³/mol. The number of hydrogen-bond acceptors (Lipinski definition) is 8. The van der Waals surface area contributed by atoms with Gasteiger partial charge in [-0.05, 0) is 12.8 Å². The predicted octanol–water partition coefficient (Wildman–Crippen LogP) is -0.496. The molecule has 2 heterocycles. The summed E-state index contributed by atoms with van der Waals surface area (Å²) in [5, 5.41) is 17.3. The molecule has 1 saturated heterocycles. The molecule has 1 atom stereocenters. The van der Waals surface area contributed by atoms with E-state index in [4.69, 9.17) is 10.5 Å². The zero-order chi connectivity index (χ0) is 17.5. The number of quaternary nitrogens is 1. The number of nitrogens with two attached hydrogens (primary N) is 1. The van der Waals surface area contributed by atoms with Gasteiger partial charge in [-0.25, -0.2) is 0 Å². The van der Waals surface area contributed by atoms with Crippen LogP contribution in [-0.4, -0.2) is 61.3 Å². The molecule has 1 aromatic rings. The third kappa shape index (κ3) is 5.17. The van der Waals surface area contributed by atoms with Crippen LogP contribution in [0.5, 0.6) is 0 Å². The summed E-state index contributed by atoms with van der Waals surface area (Å²) < 4.78 is 5.51. The lowest BCUT2D eigenvalue weighted by Gasteiger charge is -2.13. The van der Waals surface area contributed by atoms with Crippen molar-refractivity contribution in [2.75, 3.05) is 56.7 Å². The minimum absolute atomic E-state index is 0.0419. The Morgan fingerprint density at radius 1 is 1.42 bits per heavy atom. The van der Waals surface area contributed by atoms with Crippen molar-refractivity contribution in [2.24, 2.45) is 0 Å². The number of anilines is 3. The van der Waals surface area contributed by atoms with E-state index < -0.39 is 4.92 Å². The second-order valence-electron chi connectivity index (χ2n) is 6.14. The van der Waals surface area contributed by atoms with Crippen LogP contribution < -0.4 is 21.3 Å². The highest BCUT2D eigenvalue weighted by molar-refractivity contribution is 5.69. The largest absolute Gasteiger partial charge is 0.378 e. The minimum atomic E-state index is -0.563. The maximum atomic E-state index is 11.2. The maximum Gasteiger partial charge on any atom is 0.353 e. The van der Waals surface area contributed by atoms with Crippen molar-refractivity contribution in [3.63, 3.8) is 0 Å². The van der Waals surface area contributed by atoms with E-state index in [9.17, 15) is 10.1 Å². The molecular formula is C14H26N7O3+. The van der Waals surface area contributed by atoms with Crippen LogP contribution >= 0.6 is 0 Å². The van der Waals surface area contributed by atoms with Gasteiger partial charge < -0.3 is 26.0 Å². The summed E-state index contributed by atoms with van der Waals surface area (Å²) in [7, 11) is 4.15.